The van der Waals surface area contributed by atoms with Gasteiger partial charge < -0.3 is 9.80 Å². The molecular weight excluding hydrogens is 414 g/mol. The predicted octanol–water partition coefficient (Wildman–Crippen LogP) is 4.09. The second-order valence-electron chi connectivity index (χ2n) is 8.02. The quantitative estimate of drug-likeness (QED) is 0.630. The third-order valence-electron chi connectivity index (χ3n) is 5.98. The van der Waals surface area contributed by atoms with E-state index in [4.69, 9.17) is 0 Å². The summed E-state index contributed by atoms with van der Waals surface area (Å²) in [5.41, 5.74) is 2.42. The standard InChI is InChI=1S/C23H29N3O2S2/c1-3-24-30(27,28)18-10-11-23-21(17-18)19(20-7-4-5-9-22(20)29-23)8-6-12-26-15-13-25(2)14-16-26/h3-5,7,9-11,17,19H,6,8,12-16H2,1-2H3/b24-3-. The van der Waals surface area contributed by atoms with E-state index in [0.29, 0.717) is 0 Å². The van der Waals surface area contributed by atoms with Gasteiger partial charge in [-0.05, 0) is 68.8 Å². The highest BCUT2D eigenvalue weighted by atomic mass is 32.2. The Hall–Kier alpha value is -1.67. The fourth-order valence-corrected chi connectivity index (χ4v) is 6.38. The van der Waals surface area contributed by atoms with Crippen LogP contribution in [-0.4, -0.2) is 64.2 Å². The highest BCUT2D eigenvalue weighted by molar-refractivity contribution is 7.99. The van der Waals surface area contributed by atoms with Crippen LogP contribution >= 0.6 is 11.8 Å². The first kappa shape index (κ1) is 21.6. The third-order valence-corrected chi connectivity index (χ3v) is 8.50. The summed E-state index contributed by atoms with van der Waals surface area (Å²) in [5, 5.41) is 0. The maximum absolute atomic E-state index is 12.5. The number of hydrogen-bond acceptors (Lipinski definition) is 5. The number of piperazine rings is 1. The second-order valence-corrected chi connectivity index (χ2v) is 10.7. The second kappa shape index (κ2) is 9.22. The molecule has 0 saturated carbocycles. The Labute approximate surface area is 184 Å². The lowest BCUT2D eigenvalue weighted by Gasteiger charge is -2.33. The number of fused-ring (bicyclic) bond motifs is 2. The molecule has 0 bridgehead atoms. The molecule has 2 heterocycles. The zero-order chi connectivity index (χ0) is 21.1. The van der Waals surface area contributed by atoms with Gasteiger partial charge in [0.2, 0.25) is 0 Å². The van der Waals surface area contributed by atoms with E-state index < -0.39 is 10.0 Å². The van der Waals surface area contributed by atoms with Gasteiger partial charge in [0.15, 0.2) is 0 Å². The number of rotatable bonds is 6. The van der Waals surface area contributed by atoms with Gasteiger partial charge in [-0.2, -0.15) is 12.8 Å². The Morgan fingerprint density at radius 1 is 1.07 bits per heavy atom. The molecule has 2 aromatic carbocycles. The van der Waals surface area contributed by atoms with E-state index >= 15 is 0 Å². The summed E-state index contributed by atoms with van der Waals surface area (Å²) >= 11 is 1.73. The van der Waals surface area contributed by atoms with E-state index in [1.165, 1.54) is 16.7 Å². The maximum Gasteiger partial charge on any atom is 0.281 e. The van der Waals surface area contributed by atoms with Crippen molar-refractivity contribution in [1.82, 2.24) is 9.80 Å². The average Bonchev–Trinajstić information content (AvgIpc) is 2.74. The monoisotopic (exact) mass is 443 g/mol. The van der Waals surface area contributed by atoms with E-state index in [1.54, 1.807) is 24.8 Å². The zero-order valence-corrected chi connectivity index (χ0v) is 19.3. The molecule has 1 fully saturated rings. The van der Waals surface area contributed by atoms with E-state index in [-0.39, 0.29) is 10.8 Å². The molecule has 0 spiro atoms. The van der Waals surface area contributed by atoms with Gasteiger partial charge in [0.25, 0.3) is 10.0 Å². The first-order chi connectivity index (χ1) is 14.5. The first-order valence-corrected chi connectivity index (χ1v) is 12.8. The van der Waals surface area contributed by atoms with Crippen LogP contribution in [0, 0.1) is 0 Å². The topological polar surface area (TPSA) is 53.0 Å². The van der Waals surface area contributed by atoms with Crippen molar-refractivity contribution in [2.75, 3.05) is 39.8 Å². The summed E-state index contributed by atoms with van der Waals surface area (Å²) in [6, 6.07) is 14.0. The SMILES string of the molecule is C/C=N\S(=O)(=O)c1ccc2c(c1)C(CCCN1CCN(C)CC1)c1ccccc1S2. The van der Waals surface area contributed by atoms with Gasteiger partial charge >= 0.3 is 0 Å². The molecule has 1 unspecified atom stereocenters. The molecule has 2 aliphatic heterocycles. The Bertz CT molecular complexity index is 1030. The predicted molar refractivity (Wildman–Crippen MR) is 123 cm³/mol. The van der Waals surface area contributed by atoms with E-state index in [2.05, 4.69) is 45.5 Å². The molecule has 0 N–H and O–H groups in total. The fourth-order valence-electron chi connectivity index (χ4n) is 4.30. The minimum Gasteiger partial charge on any atom is -0.304 e. The molecule has 0 aromatic heterocycles. The number of likely N-dealkylation sites (N-methyl/N-ethyl adjacent to an activating group) is 1. The minimum absolute atomic E-state index is 0.214. The summed E-state index contributed by atoms with van der Waals surface area (Å²) in [6.45, 7) is 7.23. The van der Waals surface area contributed by atoms with Crippen LogP contribution in [-0.2, 0) is 10.0 Å². The number of nitrogens with zero attached hydrogens (tertiary/aromatic N) is 3. The summed E-state index contributed by atoms with van der Waals surface area (Å²) in [4.78, 5) is 7.63. The average molecular weight is 444 g/mol. The molecule has 0 amide bonds. The van der Waals surface area contributed by atoms with Gasteiger partial charge in [-0.3, -0.25) is 0 Å². The largest absolute Gasteiger partial charge is 0.304 e. The van der Waals surface area contributed by atoms with Gasteiger partial charge in [-0.15, -0.1) is 0 Å². The first-order valence-electron chi connectivity index (χ1n) is 10.5. The van der Waals surface area contributed by atoms with E-state index in [9.17, 15) is 8.42 Å². The summed E-state index contributed by atoms with van der Waals surface area (Å²) in [6.07, 6.45) is 3.45. The Morgan fingerprint density at radius 2 is 1.80 bits per heavy atom. The molecule has 5 nitrogen and oxygen atoms in total. The van der Waals surface area contributed by atoms with E-state index in [0.717, 1.165) is 56.0 Å². The fraction of sp³-hybridized carbons (Fsp3) is 0.435. The van der Waals surface area contributed by atoms with Gasteiger partial charge in [0.05, 0.1) is 4.90 Å². The number of benzene rings is 2. The third kappa shape index (κ3) is 4.64. The minimum atomic E-state index is -3.64. The van der Waals surface area contributed by atoms with Crippen molar-refractivity contribution < 1.29 is 8.42 Å². The Morgan fingerprint density at radius 3 is 2.57 bits per heavy atom. The molecule has 2 aromatic rings. The molecule has 7 heteroatoms. The van der Waals surface area contributed by atoms with Crippen molar-refractivity contribution in [2.45, 2.75) is 40.4 Å². The van der Waals surface area contributed by atoms with Gasteiger partial charge in [-0.1, -0.05) is 30.0 Å². The summed E-state index contributed by atoms with van der Waals surface area (Å²) < 4.78 is 28.7. The van der Waals surface area contributed by atoms with Gasteiger partial charge in [0.1, 0.15) is 0 Å². The van der Waals surface area contributed by atoms with Crippen LogP contribution in [0.1, 0.15) is 36.8 Å². The zero-order valence-electron chi connectivity index (χ0n) is 17.6. The molecule has 160 valence electrons. The van der Waals surface area contributed by atoms with Crippen LogP contribution < -0.4 is 0 Å². The lowest BCUT2D eigenvalue weighted by molar-refractivity contribution is 0.151. The van der Waals surface area contributed by atoms with Gasteiger partial charge in [-0.25, -0.2) is 0 Å². The molecule has 0 aliphatic carbocycles. The Balaban J connectivity index is 1.59. The molecule has 1 atom stereocenters. The normalized spacial score (nSPS) is 20.3. The molecule has 0 radical (unpaired) electrons. The number of sulfonamides is 1. The lowest BCUT2D eigenvalue weighted by Crippen LogP contribution is -2.44. The van der Waals surface area contributed by atoms with Crippen LogP contribution in [0.5, 0.6) is 0 Å². The summed E-state index contributed by atoms with van der Waals surface area (Å²) in [5.74, 6) is 0.214. The molecular formula is C23H29N3O2S2. The van der Waals surface area contributed by atoms with Crippen molar-refractivity contribution >= 4 is 28.0 Å². The molecule has 30 heavy (non-hydrogen) atoms. The number of hydrogen-bond donors (Lipinski definition) is 0. The summed E-state index contributed by atoms with van der Waals surface area (Å²) in [7, 11) is -1.46. The van der Waals surface area contributed by atoms with Crippen LogP contribution in [0.4, 0.5) is 0 Å². The molecule has 2 aliphatic rings. The van der Waals surface area contributed by atoms with Crippen LogP contribution in [0.3, 0.4) is 0 Å². The van der Waals surface area contributed by atoms with Crippen LogP contribution in [0.25, 0.3) is 0 Å². The highest BCUT2D eigenvalue weighted by Gasteiger charge is 2.28. The van der Waals surface area contributed by atoms with Crippen molar-refractivity contribution in [3.8, 4) is 0 Å². The van der Waals surface area contributed by atoms with Gasteiger partial charge in [0, 0.05) is 48.1 Å². The molecule has 4 rings (SSSR count). The van der Waals surface area contributed by atoms with Crippen molar-refractivity contribution in [2.24, 2.45) is 4.40 Å². The highest BCUT2D eigenvalue weighted by Crippen LogP contribution is 2.48. The Kier molecular flexibility index (Phi) is 6.63. The van der Waals surface area contributed by atoms with Crippen LogP contribution in [0.15, 0.2) is 61.5 Å². The van der Waals surface area contributed by atoms with Crippen molar-refractivity contribution in [3.05, 3.63) is 53.6 Å². The van der Waals surface area contributed by atoms with Crippen molar-refractivity contribution in [3.63, 3.8) is 0 Å². The maximum atomic E-state index is 12.5. The van der Waals surface area contributed by atoms with Crippen molar-refractivity contribution in [1.29, 1.82) is 0 Å². The van der Waals surface area contributed by atoms with Crippen LogP contribution in [0.2, 0.25) is 0 Å². The molecule has 1 saturated heterocycles. The lowest BCUT2D eigenvalue weighted by atomic mass is 9.87. The smallest absolute Gasteiger partial charge is 0.281 e. The van der Waals surface area contributed by atoms with E-state index in [1.807, 2.05) is 12.1 Å².